The van der Waals surface area contributed by atoms with Crippen LogP contribution in [-0.4, -0.2) is 56.6 Å². The first-order valence-electron chi connectivity index (χ1n) is 8.25. The maximum Gasteiger partial charge on any atom is 0.246 e. The molecule has 23 heavy (non-hydrogen) atoms. The van der Waals surface area contributed by atoms with Crippen molar-refractivity contribution in [3.63, 3.8) is 0 Å². The molecule has 0 saturated heterocycles. The lowest BCUT2D eigenvalue weighted by molar-refractivity contribution is -0.129. The van der Waals surface area contributed by atoms with Crippen LogP contribution in [0.15, 0.2) is 0 Å². The van der Waals surface area contributed by atoms with Crippen LogP contribution in [0, 0.1) is 5.92 Å². The second-order valence-corrected chi connectivity index (χ2v) is 5.79. The Hall–Kier alpha value is -1.47. The average molecular weight is 328 g/mol. The molecule has 0 bridgehead atoms. The van der Waals surface area contributed by atoms with E-state index in [1.165, 1.54) is 6.92 Å². The summed E-state index contributed by atoms with van der Waals surface area (Å²) < 4.78 is 10.3. The summed E-state index contributed by atoms with van der Waals surface area (Å²) >= 11 is 0. The van der Waals surface area contributed by atoms with Crippen molar-refractivity contribution in [1.29, 1.82) is 0 Å². The normalized spacial score (nSPS) is 20.8. The Balaban J connectivity index is 2.14. The predicted octanol–water partition coefficient (Wildman–Crippen LogP) is 0.420. The van der Waals surface area contributed by atoms with Gasteiger partial charge in [-0.15, -0.1) is 0 Å². The molecule has 132 valence electrons. The van der Waals surface area contributed by atoms with Crippen molar-refractivity contribution >= 4 is 17.6 Å². The number of rotatable bonds is 10. The first-order chi connectivity index (χ1) is 11.0. The van der Waals surface area contributed by atoms with Gasteiger partial charge in [-0.25, -0.2) is 0 Å². The standard InChI is InChI=1S/C16H28N2O5/c1-3-22-8-9-23-11-15(20)18-14-6-4-13(5-7-14)16(21)17-10-12(2)19/h13-14H,3-11H2,1-2H3,(H,17,21)(H,18,20). The fourth-order valence-electron chi connectivity index (χ4n) is 2.55. The minimum absolute atomic E-state index is 0.0338. The monoisotopic (exact) mass is 328 g/mol. The highest BCUT2D eigenvalue weighted by atomic mass is 16.5. The van der Waals surface area contributed by atoms with Gasteiger partial charge in [0.15, 0.2) is 0 Å². The van der Waals surface area contributed by atoms with E-state index >= 15 is 0 Å². The van der Waals surface area contributed by atoms with Gasteiger partial charge in [0.25, 0.3) is 0 Å². The van der Waals surface area contributed by atoms with Gasteiger partial charge < -0.3 is 20.1 Å². The fourth-order valence-corrected chi connectivity index (χ4v) is 2.55. The number of ketones is 1. The van der Waals surface area contributed by atoms with Crippen LogP contribution in [0.5, 0.6) is 0 Å². The van der Waals surface area contributed by atoms with Gasteiger partial charge in [0.05, 0.1) is 19.8 Å². The van der Waals surface area contributed by atoms with Gasteiger partial charge in [0.2, 0.25) is 11.8 Å². The second-order valence-electron chi connectivity index (χ2n) is 5.79. The molecular weight excluding hydrogens is 300 g/mol. The maximum atomic E-state index is 11.9. The fraction of sp³-hybridized carbons (Fsp3) is 0.812. The lowest BCUT2D eigenvalue weighted by Gasteiger charge is -2.28. The lowest BCUT2D eigenvalue weighted by Crippen LogP contribution is -2.42. The molecule has 0 aromatic carbocycles. The third kappa shape index (κ3) is 8.66. The van der Waals surface area contributed by atoms with E-state index in [-0.39, 0.29) is 42.7 Å². The van der Waals surface area contributed by atoms with Crippen LogP contribution in [0.2, 0.25) is 0 Å². The van der Waals surface area contributed by atoms with Gasteiger partial charge in [0, 0.05) is 18.6 Å². The van der Waals surface area contributed by atoms with Crippen molar-refractivity contribution in [3.05, 3.63) is 0 Å². The molecule has 1 rings (SSSR count). The summed E-state index contributed by atoms with van der Waals surface area (Å²) in [4.78, 5) is 34.5. The van der Waals surface area contributed by atoms with Crippen LogP contribution in [0.4, 0.5) is 0 Å². The van der Waals surface area contributed by atoms with Gasteiger partial charge >= 0.3 is 0 Å². The quantitative estimate of drug-likeness (QED) is 0.567. The van der Waals surface area contributed by atoms with Crippen LogP contribution >= 0.6 is 0 Å². The molecule has 0 spiro atoms. The summed E-state index contributed by atoms with van der Waals surface area (Å²) in [5, 5.41) is 5.57. The molecule has 7 heteroatoms. The lowest BCUT2D eigenvalue weighted by atomic mass is 9.85. The van der Waals surface area contributed by atoms with Crippen LogP contribution in [0.25, 0.3) is 0 Å². The van der Waals surface area contributed by atoms with Gasteiger partial charge in [-0.3, -0.25) is 14.4 Å². The second kappa shape index (κ2) is 11.1. The van der Waals surface area contributed by atoms with E-state index in [0.717, 1.165) is 25.7 Å². The molecular formula is C16H28N2O5. The van der Waals surface area contributed by atoms with E-state index in [2.05, 4.69) is 10.6 Å². The summed E-state index contributed by atoms with van der Waals surface area (Å²) in [6, 6.07) is 0.0925. The number of Topliss-reactive ketones (excluding diaryl/α,β-unsaturated/α-hetero) is 1. The van der Waals surface area contributed by atoms with Crippen molar-refractivity contribution < 1.29 is 23.9 Å². The maximum absolute atomic E-state index is 11.9. The summed E-state index contributed by atoms with van der Waals surface area (Å²) in [5.41, 5.74) is 0. The van der Waals surface area contributed by atoms with Crippen molar-refractivity contribution in [2.45, 2.75) is 45.6 Å². The van der Waals surface area contributed by atoms with Gasteiger partial charge in [-0.05, 0) is 39.5 Å². The minimum atomic E-state index is -0.133. The highest BCUT2D eigenvalue weighted by Crippen LogP contribution is 2.24. The molecule has 2 amide bonds. The van der Waals surface area contributed by atoms with Crippen molar-refractivity contribution in [2.24, 2.45) is 5.92 Å². The van der Waals surface area contributed by atoms with E-state index < -0.39 is 0 Å². The highest BCUT2D eigenvalue weighted by Gasteiger charge is 2.26. The molecule has 2 N–H and O–H groups in total. The Morgan fingerprint density at radius 3 is 2.30 bits per heavy atom. The van der Waals surface area contributed by atoms with E-state index in [0.29, 0.717) is 19.8 Å². The van der Waals surface area contributed by atoms with Crippen molar-refractivity contribution in [1.82, 2.24) is 10.6 Å². The molecule has 0 aromatic heterocycles. The Morgan fingerprint density at radius 1 is 1.04 bits per heavy atom. The van der Waals surface area contributed by atoms with Gasteiger partial charge in [-0.2, -0.15) is 0 Å². The van der Waals surface area contributed by atoms with E-state index in [4.69, 9.17) is 9.47 Å². The first-order valence-corrected chi connectivity index (χ1v) is 8.25. The molecule has 0 radical (unpaired) electrons. The van der Waals surface area contributed by atoms with Crippen LogP contribution in [-0.2, 0) is 23.9 Å². The summed E-state index contributed by atoms with van der Waals surface area (Å²) in [5.74, 6) is -0.316. The molecule has 1 fully saturated rings. The van der Waals surface area contributed by atoms with Crippen LogP contribution in [0.3, 0.4) is 0 Å². The predicted molar refractivity (Wildman–Crippen MR) is 84.9 cm³/mol. The Bertz CT molecular complexity index is 392. The van der Waals surface area contributed by atoms with Crippen molar-refractivity contribution in [2.75, 3.05) is 33.0 Å². The number of carbonyl (C=O) groups excluding carboxylic acids is 3. The zero-order valence-electron chi connectivity index (χ0n) is 14.1. The number of nitrogens with one attached hydrogen (secondary N) is 2. The average Bonchev–Trinajstić information content (AvgIpc) is 2.53. The van der Waals surface area contributed by atoms with Gasteiger partial charge in [0.1, 0.15) is 12.4 Å². The zero-order chi connectivity index (χ0) is 17.1. The molecule has 1 aliphatic rings. The SMILES string of the molecule is CCOCCOCC(=O)NC1CCC(C(=O)NCC(C)=O)CC1. The molecule has 7 nitrogen and oxygen atoms in total. The van der Waals surface area contributed by atoms with Crippen molar-refractivity contribution in [3.8, 4) is 0 Å². The third-order valence-electron chi connectivity index (χ3n) is 3.78. The highest BCUT2D eigenvalue weighted by molar-refractivity contribution is 5.85. The van der Waals surface area contributed by atoms with E-state index in [1.54, 1.807) is 0 Å². The smallest absolute Gasteiger partial charge is 0.246 e. The molecule has 0 atom stereocenters. The van der Waals surface area contributed by atoms with E-state index in [1.807, 2.05) is 6.92 Å². The topological polar surface area (TPSA) is 93.7 Å². The number of amides is 2. The zero-order valence-corrected chi connectivity index (χ0v) is 14.1. The molecule has 1 aliphatic carbocycles. The largest absolute Gasteiger partial charge is 0.379 e. The Morgan fingerprint density at radius 2 is 1.70 bits per heavy atom. The molecule has 1 saturated carbocycles. The molecule has 0 unspecified atom stereocenters. The number of carbonyl (C=O) groups is 3. The summed E-state index contributed by atoms with van der Waals surface area (Å²) in [6.07, 6.45) is 2.98. The minimum Gasteiger partial charge on any atom is -0.379 e. The number of hydrogen-bond donors (Lipinski definition) is 2. The number of hydrogen-bond acceptors (Lipinski definition) is 5. The summed E-state index contributed by atoms with van der Waals surface area (Å²) in [7, 11) is 0. The van der Waals surface area contributed by atoms with Crippen LogP contribution in [0.1, 0.15) is 39.5 Å². The molecule has 0 aromatic rings. The Kier molecular flexibility index (Phi) is 9.47. The van der Waals surface area contributed by atoms with Gasteiger partial charge in [-0.1, -0.05) is 0 Å². The van der Waals surface area contributed by atoms with E-state index in [9.17, 15) is 14.4 Å². The summed E-state index contributed by atoms with van der Waals surface area (Å²) in [6.45, 7) is 5.01. The van der Waals surface area contributed by atoms with Crippen LogP contribution < -0.4 is 10.6 Å². The third-order valence-corrected chi connectivity index (χ3v) is 3.78. The molecule has 0 heterocycles. The Labute approximate surface area is 137 Å². The first kappa shape index (κ1) is 19.6. The number of ether oxygens (including phenoxy) is 2. The molecule has 0 aliphatic heterocycles.